The van der Waals surface area contributed by atoms with Gasteiger partial charge in [-0.3, -0.25) is 37.3 Å². The molecule has 3 N–H and O–H groups in total. The second kappa shape index (κ2) is 69.4. The van der Waals surface area contributed by atoms with Crippen LogP contribution in [0.1, 0.15) is 408 Å². The molecule has 0 fully saturated rings. The Morgan fingerprint density at radius 3 is 0.776 bits per heavy atom. The molecule has 0 saturated carbocycles. The van der Waals surface area contributed by atoms with E-state index in [4.69, 9.17) is 37.0 Å². The molecule has 0 rings (SSSR count). The van der Waals surface area contributed by atoms with Gasteiger partial charge in [-0.15, -0.1) is 0 Å². The van der Waals surface area contributed by atoms with E-state index >= 15 is 0 Å². The highest BCUT2D eigenvalue weighted by Crippen LogP contribution is 2.45. The molecule has 0 aliphatic rings. The summed E-state index contributed by atoms with van der Waals surface area (Å²) in [5, 5.41) is 10.6. The summed E-state index contributed by atoms with van der Waals surface area (Å²) in [5.74, 6) is 0.174. The summed E-state index contributed by atoms with van der Waals surface area (Å²) in [6.07, 6.45) is 57.0. The molecule has 0 aliphatic heterocycles. The first kappa shape index (κ1) is 96.1. The molecule has 0 bridgehead atoms. The maximum absolute atomic E-state index is 13.1. The quantitative estimate of drug-likeness (QED) is 0.0222. The molecule has 0 amide bonds. The van der Waals surface area contributed by atoms with Gasteiger partial charge in [-0.25, -0.2) is 9.13 Å². The Kier molecular flexibility index (Phi) is 68.1. The fourth-order valence-electron chi connectivity index (χ4n) is 12.1. The number of hydrogen-bond donors (Lipinski definition) is 3. The number of unbranched alkanes of at least 4 members (excludes halogenated alkanes) is 43. The molecule has 0 heterocycles. The maximum atomic E-state index is 13.1. The van der Waals surface area contributed by atoms with Gasteiger partial charge >= 0.3 is 39.5 Å². The van der Waals surface area contributed by atoms with Crippen LogP contribution in [0.4, 0.5) is 0 Å². The third-order valence-corrected chi connectivity index (χ3v) is 21.0. The second-order valence-electron chi connectivity index (χ2n) is 29.4. The van der Waals surface area contributed by atoms with Gasteiger partial charge in [0.05, 0.1) is 26.4 Å². The van der Waals surface area contributed by atoms with Crippen molar-refractivity contribution in [2.24, 2.45) is 17.8 Å². The number of rotatable bonds is 77. The highest BCUT2D eigenvalue weighted by Gasteiger charge is 2.30. The summed E-state index contributed by atoms with van der Waals surface area (Å²) >= 11 is 0. The Hall–Kier alpha value is -1.94. The van der Waals surface area contributed by atoms with Crippen LogP contribution in [-0.2, 0) is 65.4 Å². The largest absolute Gasteiger partial charge is 0.472 e. The molecular formula is C79H154O17P2. The van der Waals surface area contributed by atoms with Crippen molar-refractivity contribution in [1.29, 1.82) is 0 Å². The molecule has 0 radical (unpaired) electrons. The summed E-state index contributed by atoms with van der Waals surface area (Å²) < 4.78 is 68.6. The second-order valence-corrected chi connectivity index (χ2v) is 32.3. The lowest BCUT2D eigenvalue weighted by atomic mass is 9.99. The Balaban J connectivity index is 5.23. The molecule has 17 nitrogen and oxygen atoms in total. The van der Waals surface area contributed by atoms with Crippen LogP contribution in [0.3, 0.4) is 0 Å². The standard InChI is InChI=1S/C79H154O17P2/c1-8-11-12-13-14-15-16-17-18-19-20-21-22-23-26-30-33-39-48-55-62-78(83)95-74(66-89-76(81)60-53-46-38-32-29-27-24-25-28-31-36-43-50-57-70(4)5)68-93-97(85,86)91-64-73(80)65-92-98(87,88)94-69-75(67-90-77(82)61-54-47-42-41-45-52-59-72(7)10-3)96-79(84)63-56-49-40-35-34-37-44-51-58-71(6)9-2/h70-75,80H,8-69H2,1-7H3,(H,85,86)(H,87,88)/t71?,72?,73-,74-,75-/m1/s1. The lowest BCUT2D eigenvalue weighted by Gasteiger charge is -2.21. The predicted octanol–water partition coefficient (Wildman–Crippen LogP) is 23.4. The van der Waals surface area contributed by atoms with E-state index in [1.807, 2.05) is 0 Å². The third kappa shape index (κ3) is 69.8. The third-order valence-electron chi connectivity index (χ3n) is 19.1. The number of carbonyl (C=O) groups excluding carboxylic acids is 4. The van der Waals surface area contributed by atoms with E-state index in [0.717, 1.165) is 114 Å². The lowest BCUT2D eigenvalue weighted by molar-refractivity contribution is -0.161. The highest BCUT2D eigenvalue weighted by atomic mass is 31.2. The number of aliphatic hydroxyl groups is 1. The van der Waals surface area contributed by atoms with E-state index in [1.165, 1.54) is 212 Å². The van der Waals surface area contributed by atoms with E-state index in [-0.39, 0.29) is 25.7 Å². The van der Waals surface area contributed by atoms with E-state index < -0.39 is 97.5 Å². The van der Waals surface area contributed by atoms with Gasteiger partial charge < -0.3 is 33.8 Å². The Morgan fingerprint density at radius 1 is 0.296 bits per heavy atom. The molecule has 19 heteroatoms. The smallest absolute Gasteiger partial charge is 0.462 e. The van der Waals surface area contributed by atoms with Crippen molar-refractivity contribution in [3.63, 3.8) is 0 Å². The molecule has 0 saturated heterocycles. The maximum Gasteiger partial charge on any atom is 0.472 e. The first-order valence-corrected chi connectivity index (χ1v) is 43.9. The molecule has 0 aliphatic carbocycles. The van der Waals surface area contributed by atoms with Crippen LogP contribution in [0.15, 0.2) is 0 Å². The van der Waals surface area contributed by atoms with Crippen molar-refractivity contribution in [2.75, 3.05) is 39.6 Å². The van der Waals surface area contributed by atoms with Crippen molar-refractivity contribution in [2.45, 2.75) is 426 Å². The molecule has 0 aromatic rings. The average molecular weight is 1440 g/mol. The zero-order valence-electron chi connectivity index (χ0n) is 64.3. The minimum absolute atomic E-state index is 0.104. The van der Waals surface area contributed by atoms with Gasteiger partial charge in [0.15, 0.2) is 12.2 Å². The molecule has 7 atom stereocenters. The van der Waals surface area contributed by atoms with Crippen LogP contribution < -0.4 is 0 Å². The summed E-state index contributed by atoms with van der Waals surface area (Å²) in [4.78, 5) is 72.9. The number of aliphatic hydroxyl groups excluding tert-OH is 1. The van der Waals surface area contributed by atoms with Crippen molar-refractivity contribution in [1.82, 2.24) is 0 Å². The number of phosphoric ester groups is 2. The molecule has 0 aromatic carbocycles. The van der Waals surface area contributed by atoms with Crippen LogP contribution in [0.2, 0.25) is 0 Å². The van der Waals surface area contributed by atoms with Crippen molar-refractivity contribution in [3.05, 3.63) is 0 Å². The monoisotopic (exact) mass is 1440 g/mol. The SMILES string of the molecule is CCCCCCCCCCCCCCCCCCCCCCC(=O)O[C@H](COC(=O)CCCCCCCCCCCCCCCC(C)C)COP(=O)(O)OC[C@@H](O)COP(=O)(O)OC[C@@H](COC(=O)CCCCCCCCC(C)CC)OC(=O)CCCCCCCCCCC(C)CC. The number of carbonyl (C=O) groups is 4. The Labute approximate surface area is 600 Å². The molecular weight excluding hydrogens is 1280 g/mol. The molecule has 0 aromatic heterocycles. The fourth-order valence-corrected chi connectivity index (χ4v) is 13.6. The van der Waals surface area contributed by atoms with Crippen molar-refractivity contribution >= 4 is 39.5 Å². The molecule has 98 heavy (non-hydrogen) atoms. The van der Waals surface area contributed by atoms with E-state index in [0.29, 0.717) is 25.7 Å². The zero-order chi connectivity index (χ0) is 72.3. The van der Waals surface area contributed by atoms with Crippen LogP contribution in [0.25, 0.3) is 0 Å². The van der Waals surface area contributed by atoms with E-state index in [9.17, 15) is 43.2 Å². The predicted molar refractivity (Wildman–Crippen MR) is 400 cm³/mol. The van der Waals surface area contributed by atoms with E-state index in [2.05, 4.69) is 48.5 Å². The fraction of sp³-hybridized carbons (Fsp3) is 0.949. The number of esters is 4. The first-order chi connectivity index (χ1) is 47.3. The highest BCUT2D eigenvalue weighted by molar-refractivity contribution is 7.47. The van der Waals surface area contributed by atoms with Crippen LogP contribution in [-0.4, -0.2) is 96.7 Å². The summed E-state index contributed by atoms with van der Waals surface area (Å²) in [6, 6.07) is 0. The van der Waals surface area contributed by atoms with Gasteiger partial charge in [-0.05, 0) is 43.4 Å². The van der Waals surface area contributed by atoms with Gasteiger partial charge in [0.25, 0.3) is 0 Å². The number of ether oxygens (including phenoxy) is 4. The summed E-state index contributed by atoms with van der Waals surface area (Å²) in [6.45, 7) is 11.9. The van der Waals surface area contributed by atoms with Crippen molar-refractivity contribution < 1.29 is 80.2 Å². The Morgan fingerprint density at radius 2 is 0.520 bits per heavy atom. The molecule has 0 spiro atoms. The Bertz CT molecular complexity index is 1910. The van der Waals surface area contributed by atoms with Gasteiger partial charge in [-0.1, -0.05) is 357 Å². The summed E-state index contributed by atoms with van der Waals surface area (Å²) in [7, 11) is -9.92. The first-order valence-electron chi connectivity index (χ1n) is 40.9. The minimum Gasteiger partial charge on any atom is -0.462 e. The van der Waals surface area contributed by atoms with Crippen molar-refractivity contribution in [3.8, 4) is 0 Å². The average Bonchev–Trinajstić information content (AvgIpc) is 1.01. The zero-order valence-corrected chi connectivity index (χ0v) is 66.0. The van der Waals surface area contributed by atoms with E-state index in [1.54, 1.807) is 0 Å². The molecule has 4 unspecified atom stereocenters. The lowest BCUT2D eigenvalue weighted by Crippen LogP contribution is -2.30. The van der Waals surface area contributed by atoms with Gasteiger partial charge in [0.2, 0.25) is 0 Å². The van der Waals surface area contributed by atoms with Gasteiger partial charge in [-0.2, -0.15) is 0 Å². The van der Waals surface area contributed by atoms with Crippen LogP contribution >= 0.6 is 15.6 Å². The number of phosphoric acid groups is 2. The topological polar surface area (TPSA) is 237 Å². The van der Waals surface area contributed by atoms with Crippen LogP contribution in [0, 0.1) is 17.8 Å². The normalized spacial score (nSPS) is 14.6. The minimum atomic E-state index is -4.96. The van der Waals surface area contributed by atoms with Gasteiger partial charge in [0.1, 0.15) is 19.3 Å². The van der Waals surface area contributed by atoms with Crippen LogP contribution in [0.5, 0.6) is 0 Å². The number of hydrogen-bond acceptors (Lipinski definition) is 15. The summed E-state index contributed by atoms with van der Waals surface area (Å²) in [5.41, 5.74) is 0. The molecule has 582 valence electrons. The van der Waals surface area contributed by atoms with Gasteiger partial charge in [0, 0.05) is 25.7 Å².